The number of hydrogen-bond donors (Lipinski definition) is 2. The van der Waals surface area contributed by atoms with Crippen LogP contribution in [0.25, 0.3) is 0 Å². The van der Waals surface area contributed by atoms with Crippen molar-refractivity contribution in [1.29, 1.82) is 0 Å². The number of nitrogens with one attached hydrogen (secondary N) is 2. The zero-order valence-electron chi connectivity index (χ0n) is 15.4. The fraction of sp³-hybridized carbons (Fsp3) is 0.421. The van der Waals surface area contributed by atoms with E-state index >= 15 is 0 Å². The highest BCUT2D eigenvalue weighted by Gasteiger charge is 2.23. The molecule has 1 atom stereocenters. The van der Waals surface area contributed by atoms with Gasteiger partial charge in [0.05, 0.1) is 10.6 Å². The zero-order valence-corrected chi connectivity index (χ0v) is 16.9. The van der Waals surface area contributed by atoms with Crippen LogP contribution < -0.4 is 10.6 Å². The number of carbonyl (C=O) groups excluding carboxylic acids is 2. The Morgan fingerprint density at radius 1 is 1.26 bits per heavy atom. The van der Waals surface area contributed by atoms with Crippen LogP contribution in [0.15, 0.2) is 36.7 Å². The maximum atomic E-state index is 12.5. The van der Waals surface area contributed by atoms with E-state index in [4.69, 9.17) is 23.2 Å². The van der Waals surface area contributed by atoms with Crippen LogP contribution in [-0.4, -0.2) is 34.2 Å². The van der Waals surface area contributed by atoms with Gasteiger partial charge in [0, 0.05) is 30.5 Å². The van der Waals surface area contributed by atoms with Crippen molar-refractivity contribution in [2.45, 2.75) is 39.3 Å². The lowest BCUT2D eigenvalue weighted by atomic mass is 10.0. The first-order valence-corrected chi connectivity index (χ1v) is 9.63. The third-order valence-corrected chi connectivity index (χ3v) is 4.47. The molecule has 0 spiro atoms. The quantitative estimate of drug-likeness (QED) is 0.620. The Balaban J connectivity index is 1.92. The molecule has 146 valence electrons. The average Bonchev–Trinajstić information content (AvgIpc) is 3.10. The van der Waals surface area contributed by atoms with Crippen molar-refractivity contribution < 1.29 is 9.59 Å². The number of hydrogen-bond acceptors (Lipinski definition) is 3. The molecule has 0 aliphatic carbocycles. The van der Waals surface area contributed by atoms with Gasteiger partial charge in [-0.3, -0.25) is 14.3 Å². The van der Waals surface area contributed by atoms with Crippen molar-refractivity contribution in [3.8, 4) is 0 Å². The summed E-state index contributed by atoms with van der Waals surface area (Å²) in [5.41, 5.74) is 0.293. The lowest BCUT2D eigenvalue weighted by molar-refractivity contribution is -0.123. The molecular weight excluding hydrogens is 387 g/mol. The normalized spacial score (nSPS) is 12.0. The van der Waals surface area contributed by atoms with Gasteiger partial charge in [-0.1, -0.05) is 37.0 Å². The minimum absolute atomic E-state index is 0.206. The Morgan fingerprint density at radius 3 is 2.67 bits per heavy atom. The highest BCUT2D eigenvalue weighted by Crippen LogP contribution is 2.21. The van der Waals surface area contributed by atoms with E-state index in [0.29, 0.717) is 23.6 Å². The van der Waals surface area contributed by atoms with E-state index in [1.165, 1.54) is 6.07 Å². The number of benzene rings is 1. The molecule has 0 aliphatic rings. The molecule has 0 aliphatic heterocycles. The van der Waals surface area contributed by atoms with Crippen molar-refractivity contribution in [3.63, 3.8) is 0 Å². The van der Waals surface area contributed by atoms with Crippen molar-refractivity contribution in [1.82, 2.24) is 20.4 Å². The molecule has 0 bridgehead atoms. The predicted molar refractivity (Wildman–Crippen MR) is 107 cm³/mol. The first-order chi connectivity index (χ1) is 12.9. The molecule has 0 radical (unpaired) electrons. The van der Waals surface area contributed by atoms with Gasteiger partial charge in [-0.2, -0.15) is 5.10 Å². The predicted octanol–water partition coefficient (Wildman–Crippen LogP) is 3.54. The monoisotopic (exact) mass is 410 g/mol. The molecule has 1 unspecified atom stereocenters. The Labute approximate surface area is 169 Å². The Hall–Kier alpha value is -2.05. The molecule has 2 N–H and O–H groups in total. The summed E-state index contributed by atoms with van der Waals surface area (Å²) in [7, 11) is 0. The molecule has 1 heterocycles. The second-order valence-corrected chi connectivity index (χ2v) is 7.54. The summed E-state index contributed by atoms with van der Waals surface area (Å²) in [6.07, 6.45) is 4.87. The van der Waals surface area contributed by atoms with E-state index in [2.05, 4.69) is 15.7 Å². The molecule has 2 aromatic rings. The molecule has 1 aromatic heterocycles. The maximum Gasteiger partial charge on any atom is 0.253 e. The van der Waals surface area contributed by atoms with Crippen molar-refractivity contribution >= 4 is 35.0 Å². The van der Waals surface area contributed by atoms with Gasteiger partial charge >= 0.3 is 0 Å². The second kappa shape index (κ2) is 10.3. The van der Waals surface area contributed by atoms with Crippen LogP contribution in [0.2, 0.25) is 10.0 Å². The van der Waals surface area contributed by atoms with Crippen molar-refractivity contribution in [2.24, 2.45) is 5.92 Å². The van der Waals surface area contributed by atoms with E-state index in [0.717, 1.165) is 13.0 Å². The van der Waals surface area contributed by atoms with E-state index in [1.807, 2.05) is 30.8 Å². The number of nitrogens with zero attached hydrogens (tertiary/aromatic N) is 2. The molecule has 8 heteroatoms. The van der Waals surface area contributed by atoms with Gasteiger partial charge in [-0.15, -0.1) is 0 Å². The van der Waals surface area contributed by atoms with Crippen LogP contribution >= 0.6 is 23.2 Å². The minimum atomic E-state index is -0.631. The van der Waals surface area contributed by atoms with Gasteiger partial charge in [0.1, 0.15) is 6.04 Å². The molecule has 0 saturated carbocycles. The van der Waals surface area contributed by atoms with Gasteiger partial charge in [0.25, 0.3) is 5.91 Å². The summed E-state index contributed by atoms with van der Waals surface area (Å²) in [5.74, 6) is -0.359. The topological polar surface area (TPSA) is 76.0 Å². The average molecular weight is 411 g/mol. The lowest BCUT2D eigenvalue weighted by Crippen LogP contribution is -2.47. The van der Waals surface area contributed by atoms with Gasteiger partial charge < -0.3 is 10.6 Å². The van der Waals surface area contributed by atoms with Crippen LogP contribution in [0.1, 0.15) is 37.0 Å². The summed E-state index contributed by atoms with van der Waals surface area (Å²) in [4.78, 5) is 25.1. The number of aromatic nitrogens is 2. The van der Waals surface area contributed by atoms with Crippen LogP contribution in [0.5, 0.6) is 0 Å². The fourth-order valence-corrected chi connectivity index (χ4v) is 3.12. The Kier molecular flexibility index (Phi) is 8.13. The smallest absolute Gasteiger partial charge is 0.253 e. The first-order valence-electron chi connectivity index (χ1n) is 8.88. The third kappa shape index (κ3) is 6.88. The molecule has 2 rings (SSSR count). The molecule has 1 aromatic carbocycles. The van der Waals surface area contributed by atoms with Crippen LogP contribution in [-0.2, 0) is 11.3 Å². The highest BCUT2D eigenvalue weighted by molar-refractivity contribution is 6.36. The van der Waals surface area contributed by atoms with E-state index < -0.39 is 11.9 Å². The van der Waals surface area contributed by atoms with Crippen LogP contribution in [0.3, 0.4) is 0 Å². The Bertz CT molecular complexity index is 763. The van der Waals surface area contributed by atoms with Gasteiger partial charge in [-0.25, -0.2) is 0 Å². The minimum Gasteiger partial charge on any atom is -0.354 e. The number of amides is 2. The summed E-state index contributed by atoms with van der Waals surface area (Å²) in [6.45, 7) is 5.22. The van der Waals surface area contributed by atoms with Gasteiger partial charge in [0.2, 0.25) is 5.91 Å². The highest BCUT2D eigenvalue weighted by atomic mass is 35.5. The Morgan fingerprint density at radius 2 is 2.04 bits per heavy atom. The number of carbonyl (C=O) groups is 2. The van der Waals surface area contributed by atoms with E-state index in [9.17, 15) is 9.59 Å². The summed E-state index contributed by atoms with van der Waals surface area (Å²) < 4.78 is 1.81. The van der Waals surface area contributed by atoms with E-state index in [1.54, 1.807) is 18.3 Å². The van der Waals surface area contributed by atoms with E-state index in [-0.39, 0.29) is 16.8 Å². The number of rotatable bonds is 9. The SMILES string of the molecule is CC(C)CC(NC(=O)c1ccc(Cl)cc1Cl)C(=O)NCCCn1cccn1. The largest absolute Gasteiger partial charge is 0.354 e. The first kappa shape index (κ1) is 21.3. The van der Waals surface area contributed by atoms with Gasteiger partial charge in [-0.05, 0) is 43.0 Å². The molecule has 27 heavy (non-hydrogen) atoms. The fourth-order valence-electron chi connectivity index (χ4n) is 2.62. The van der Waals surface area contributed by atoms with Crippen molar-refractivity contribution in [2.75, 3.05) is 6.54 Å². The zero-order chi connectivity index (χ0) is 19.8. The second-order valence-electron chi connectivity index (χ2n) is 6.69. The summed E-state index contributed by atoms with van der Waals surface area (Å²) in [6, 6.07) is 5.87. The molecular formula is C19H24Cl2N4O2. The molecule has 0 saturated heterocycles. The third-order valence-electron chi connectivity index (χ3n) is 3.93. The van der Waals surface area contributed by atoms with Gasteiger partial charge in [0.15, 0.2) is 0 Å². The summed E-state index contributed by atoms with van der Waals surface area (Å²) >= 11 is 12.0. The van der Waals surface area contributed by atoms with Crippen molar-refractivity contribution in [3.05, 3.63) is 52.3 Å². The number of aryl methyl sites for hydroxylation is 1. The van der Waals surface area contributed by atoms with Crippen LogP contribution in [0.4, 0.5) is 0 Å². The lowest BCUT2D eigenvalue weighted by Gasteiger charge is -2.20. The standard InChI is InChI=1S/C19H24Cl2N4O2/c1-13(2)11-17(19(27)22-7-3-9-25-10-4-8-23-25)24-18(26)15-6-5-14(20)12-16(15)21/h4-6,8,10,12-13,17H,3,7,9,11H2,1-2H3,(H,22,27)(H,24,26). The van der Waals surface area contributed by atoms with Crippen LogP contribution in [0, 0.1) is 5.92 Å². The number of halogens is 2. The molecule has 2 amide bonds. The summed E-state index contributed by atoms with van der Waals surface area (Å²) in [5, 5.41) is 10.5. The molecule has 6 nitrogen and oxygen atoms in total. The maximum absolute atomic E-state index is 12.5. The molecule has 0 fully saturated rings.